The number of ether oxygens (including phenoxy) is 1. The second kappa shape index (κ2) is 8.41. The minimum atomic E-state index is -0.679. The molecule has 27 heavy (non-hydrogen) atoms. The van der Waals surface area contributed by atoms with Crippen molar-refractivity contribution in [2.24, 2.45) is 0 Å². The van der Waals surface area contributed by atoms with E-state index in [1.807, 2.05) is 12.1 Å². The van der Waals surface area contributed by atoms with Crippen LogP contribution in [0.15, 0.2) is 53.1 Å². The fraction of sp³-hybridized carbons (Fsp3) is 0.211. The lowest BCUT2D eigenvalue weighted by molar-refractivity contribution is -0.137. The third kappa shape index (κ3) is 4.78. The first-order valence-electron chi connectivity index (χ1n) is 8.18. The summed E-state index contributed by atoms with van der Waals surface area (Å²) in [5.41, 5.74) is 0.669. The van der Waals surface area contributed by atoms with Crippen LogP contribution in [0.2, 0.25) is 10.0 Å². The summed E-state index contributed by atoms with van der Waals surface area (Å²) in [7, 11) is 1.64. The molecule has 0 aliphatic rings. The summed E-state index contributed by atoms with van der Waals surface area (Å²) in [6, 6.07) is 14.0. The summed E-state index contributed by atoms with van der Waals surface area (Å²) in [5.74, 6) is 1.02. The van der Waals surface area contributed by atoms with Crippen molar-refractivity contribution in [3.63, 3.8) is 0 Å². The number of amides is 1. The van der Waals surface area contributed by atoms with Crippen LogP contribution < -0.4 is 4.74 Å². The van der Waals surface area contributed by atoms with Crippen LogP contribution in [-0.2, 0) is 11.3 Å². The molecule has 2 aromatic carbocycles. The van der Waals surface area contributed by atoms with Gasteiger partial charge in [0.2, 0.25) is 11.7 Å². The predicted octanol–water partition coefficient (Wildman–Crippen LogP) is 4.47. The molecule has 140 valence electrons. The average Bonchev–Trinajstić information content (AvgIpc) is 3.11. The molecule has 1 atom stereocenters. The van der Waals surface area contributed by atoms with Gasteiger partial charge in [-0.2, -0.15) is 4.98 Å². The van der Waals surface area contributed by atoms with Crippen molar-refractivity contribution in [1.29, 1.82) is 0 Å². The van der Waals surface area contributed by atoms with E-state index < -0.39 is 6.10 Å². The van der Waals surface area contributed by atoms with Crippen molar-refractivity contribution in [1.82, 2.24) is 15.0 Å². The molecule has 0 saturated carbocycles. The van der Waals surface area contributed by atoms with Crippen LogP contribution in [0.1, 0.15) is 12.8 Å². The number of hydrogen-bond donors (Lipinski definition) is 0. The third-order valence-electron chi connectivity index (χ3n) is 3.81. The molecule has 0 unspecified atom stereocenters. The van der Waals surface area contributed by atoms with Crippen molar-refractivity contribution >= 4 is 29.1 Å². The van der Waals surface area contributed by atoms with Gasteiger partial charge in [0.05, 0.1) is 11.6 Å². The van der Waals surface area contributed by atoms with Crippen molar-refractivity contribution in [2.75, 3.05) is 7.05 Å². The van der Waals surface area contributed by atoms with E-state index >= 15 is 0 Å². The van der Waals surface area contributed by atoms with E-state index in [9.17, 15) is 4.79 Å². The Balaban J connectivity index is 1.63. The summed E-state index contributed by atoms with van der Waals surface area (Å²) in [6.45, 7) is 1.83. The lowest BCUT2D eigenvalue weighted by Gasteiger charge is -2.20. The van der Waals surface area contributed by atoms with E-state index in [4.69, 9.17) is 32.5 Å². The first-order valence-corrected chi connectivity index (χ1v) is 8.94. The van der Waals surface area contributed by atoms with Crippen molar-refractivity contribution in [3.05, 3.63) is 64.5 Å². The topological polar surface area (TPSA) is 68.5 Å². The van der Waals surface area contributed by atoms with Crippen LogP contribution in [-0.4, -0.2) is 34.1 Å². The Morgan fingerprint density at radius 3 is 2.59 bits per heavy atom. The second-order valence-corrected chi connectivity index (χ2v) is 6.74. The Labute approximate surface area is 166 Å². The molecule has 0 N–H and O–H groups in total. The molecule has 0 spiro atoms. The molecular formula is C19H17Cl2N3O3. The van der Waals surface area contributed by atoms with E-state index in [2.05, 4.69) is 10.1 Å². The number of likely N-dealkylation sites (N-methyl/N-ethyl adjacent to an activating group) is 1. The Hall–Kier alpha value is -2.57. The Bertz CT molecular complexity index is 928. The quantitative estimate of drug-likeness (QED) is 0.604. The lowest BCUT2D eigenvalue weighted by Crippen LogP contribution is -2.37. The fourth-order valence-corrected chi connectivity index (χ4v) is 2.78. The number of carbonyl (C=O) groups excluding carboxylic acids is 1. The molecular weight excluding hydrogens is 389 g/mol. The molecule has 0 radical (unpaired) electrons. The molecule has 8 heteroatoms. The van der Waals surface area contributed by atoms with Crippen LogP contribution >= 0.6 is 23.2 Å². The molecule has 0 fully saturated rings. The molecule has 3 rings (SSSR count). The smallest absolute Gasteiger partial charge is 0.263 e. The molecule has 1 heterocycles. The number of nitrogens with zero attached hydrogens (tertiary/aromatic N) is 3. The normalized spacial score (nSPS) is 11.9. The largest absolute Gasteiger partial charge is 0.481 e. The zero-order valence-corrected chi connectivity index (χ0v) is 16.2. The monoisotopic (exact) mass is 405 g/mol. The Morgan fingerprint density at radius 1 is 1.19 bits per heavy atom. The molecule has 1 aromatic heterocycles. The zero-order chi connectivity index (χ0) is 19.4. The van der Waals surface area contributed by atoms with E-state index in [-0.39, 0.29) is 12.5 Å². The standard InChI is InChI=1S/C19H17Cl2N3O3/c1-12(26-14-9-7-13(20)8-10-14)19(25)24(2)11-17-22-18(23-27-17)15-5-3-4-6-16(15)21/h3-10,12H,11H2,1-2H3/t12-/m0/s1. The van der Waals surface area contributed by atoms with Crippen LogP contribution in [0.3, 0.4) is 0 Å². The van der Waals surface area contributed by atoms with Crippen molar-refractivity contribution < 1.29 is 14.1 Å². The van der Waals surface area contributed by atoms with Gasteiger partial charge < -0.3 is 14.2 Å². The Morgan fingerprint density at radius 2 is 1.89 bits per heavy atom. The molecule has 0 bridgehead atoms. The number of aromatic nitrogens is 2. The van der Waals surface area contributed by atoms with Crippen molar-refractivity contribution in [3.8, 4) is 17.1 Å². The first-order chi connectivity index (χ1) is 12.9. The SMILES string of the molecule is C[C@H](Oc1ccc(Cl)cc1)C(=O)N(C)Cc1nc(-c2ccccc2Cl)no1. The zero-order valence-electron chi connectivity index (χ0n) is 14.7. The third-order valence-corrected chi connectivity index (χ3v) is 4.39. The first kappa shape index (κ1) is 19.2. The van der Waals surface area contributed by atoms with Crippen LogP contribution in [0.5, 0.6) is 5.75 Å². The van der Waals surface area contributed by atoms with E-state index in [1.54, 1.807) is 50.4 Å². The van der Waals surface area contributed by atoms with Gasteiger partial charge in [0.15, 0.2) is 6.10 Å². The highest BCUT2D eigenvalue weighted by Gasteiger charge is 2.22. The van der Waals surface area contributed by atoms with Crippen LogP contribution in [0.25, 0.3) is 11.4 Å². The number of carbonyl (C=O) groups is 1. The molecule has 3 aromatic rings. The van der Waals surface area contributed by atoms with Gasteiger partial charge in [0.1, 0.15) is 5.75 Å². The van der Waals surface area contributed by atoms with E-state index in [1.165, 1.54) is 4.90 Å². The maximum absolute atomic E-state index is 12.5. The van der Waals surface area contributed by atoms with Crippen LogP contribution in [0, 0.1) is 0 Å². The number of hydrogen-bond acceptors (Lipinski definition) is 5. The van der Waals surface area contributed by atoms with Crippen LogP contribution in [0.4, 0.5) is 0 Å². The molecule has 6 nitrogen and oxygen atoms in total. The minimum absolute atomic E-state index is 0.157. The van der Waals surface area contributed by atoms with Gasteiger partial charge in [-0.05, 0) is 43.3 Å². The molecule has 0 aliphatic carbocycles. The summed E-state index contributed by atoms with van der Waals surface area (Å²) in [6.07, 6.45) is -0.679. The maximum atomic E-state index is 12.5. The van der Waals surface area contributed by atoms with Gasteiger partial charge >= 0.3 is 0 Å². The van der Waals surface area contributed by atoms with E-state index in [0.717, 1.165) is 0 Å². The molecule has 1 amide bonds. The predicted molar refractivity (Wildman–Crippen MR) is 103 cm³/mol. The van der Waals surface area contributed by atoms with Gasteiger partial charge in [0, 0.05) is 17.6 Å². The highest BCUT2D eigenvalue weighted by molar-refractivity contribution is 6.33. The lowest BCUT2D eigenvalue weighted by atomic mass is 10.2. The summed E-state index contributed by atoms with van der Waals surface area (Å²) in [5, 5.41) is 5.06. The average molecular weight is 406 g/mol. The Kier molecular flexibility index (Phi) is 5.98. The molecule has 0 saturated heterocycles. The maximum Gasteiger partial charge on any atom is 0.263 e. The fourth-order valence-electron chi connectivity index (χ4n) is 2.43. The highest BCUT2D eigenvalue weighted by Crippen LogP contribution is 2.25. The number of benzene rings is 2. The van der Waals surface area contributed by atoms with Gasteiger partial charge in [-0.15, -0.1) is 0 Å². The van der Waals surface area contributed by atoms with E-state index in [0.29, 0.717) is 33.1 Å². The van der Waals surface area contributed by atoms with Crippen molar-refractivity contribution in [2.45, 2.75) is 19.6 Å². The highest BCUT2D eigenvalue weighted by atomic mass is 35.5. The number of halogens is 2. The minimum Gasteiger partial charge on any atom is -0.481 e. The van der Waals surface area contributed by atoms with Gasteiger partial charge in [0.25, 0.3) is 5.91 Å². The summed E-state index contributed by atoms with van der Waals surface area (Å²) >= 11 is 12.0. The van der Waals surface area contributed by atoms with Gasteiger partial charge in [-0.3, -0.25) is 4.79 Å². The van der Waals surface area contributed by atoms with Gasteiger partial charge in [-0.25, -0.2) is 0 Å². The molecule has 0 aliphatic heterocycles. The second-order valence-electron chi connectivity index (χ2n) is 5.90. The summed E-state index contributed by atoms with van der Waals surface area (Å²) in [4.78, 5) is 18.3. The number of rotatable bonds is 6. The van der Waals surface area contributed by atoms with Gasteiger partial charge in [-0.1, -0.05) is 40.5 Å². The summed E-state index contributed by atoms with van der Waals surface area (Å²) < 4.78 is 10.9.